The fraction of sp³-hybridized carbons (Fsp3) is 0.0769. The average Bonchev–Trinajstić information content (AvgIpc) is 2.37. The molecule has 0 unspecified atom stereocenters. The maximum atomic E-state index is 12.7. The fourth-order valence-corrected chi connectivity index (χ4v) is 2.14. The quantitative estimate of drug-likeness (QED) is 0.554. The predicted molar refractivity (Wildman–Crippen MR) is 65.1 cm³/mol. The molecule has 2 aromatic rings. The van der Waals surface area contributed by atoms with Gasteiger partial charge >= 0.3 is 29.6 Å². The molecule has 100 valence electrons. The molecule has 0 aliphatic heterocycles. The summed E-state index contributed by atoms with van der Waals surface area (Å²) >= 11 is 0. The molecule has 20 heavy (non-hydrogen) atoms. The summed E-state index contributed by atoms with van der Waals surface area (Å²) in [5.41, 5.74) is 0.666. The second kappa shape index (κ2) is 7.19. The molecule has 2 rings (SSSR count). The van der Waals surface area contributed by atoms with Crippen molar-refractivity contribution in [1.82, 2.24) is 0 Å². The molecule has 0 heterocycles. The summed E-state index contributed by atoms with van der Waals surface area (Å²) in [5, 5.41) is 0. The van der Waals surface area contributed by atoms with Crippen LogP contribution < -0.4 is 34.3 Å². The summed E-state index contributed by atoms with van der Waals surface area (Å²) in [5.74, 6) is -0.381. The summed E-state index contributed by atoms with van der Waals surface area (Å²) in [6, 6.07) is 11.2. The Hall–Kier alpha value is -0.920. The van der Waals surface area contributed by atoms with Gasteiger partial charge in [-0.15, -0.1) is 0 Å². The molecule has 0 radical (unpaired) electrons. The van der Waals surface area contributed by atoms with E-state index in [1.165, 1.54) is 42.5 Å². The normalized spacial score (nSPS) is 10.7. The van der Waals surface area contributed by atoms with Crippen LogP contribution in [0.1, 0.15) is 5.56 Å². The number of hydrogen-bond acceptors (Lipinski definition) is 4. The van der Waals surface area contributed by atoms with Crippen molar-refractivity contribution in [2.75, 3.05) is 0 Å². The van der Waals surface area contributed by atoms with Crippen LogP contribution in [0, 0.1) is 5.82 Å². The molecule has 7 heteroatoms. The Balaban J connectivity index is 0.00000200. The van der Waals surface area contributed by atoms with Crippen molar-refractivity contribution in [2.45, 2.75) is 11.5 Å². The Kier molecular flexibility index (Phi) is 6.16. The zero-order valence-electron chi connectivity index (χ0n) is 10.7. The Morgan fingerprint density at radius 1 is 1.05 bits per heavy atom. The molecule has 0 aliphatic rings. The van der Waals surface area contributed by atoms with Gasteiger partial charge in [0.2, 0.25) is 0 Å². The Labute approximate surface area is 138 Å². The van der Waals surface area contributed by atoms with Gasteiger partial charge in [0.1, 0.15) is 28.3 Å². The number of benzene rings is 2. The first-order valence-electron chi connectivity index (χ1n) is 5.39. The summed E-state index contributed by atoms with van der Waals surface area (Å²) in [6.45, 7) is 0.0484. The second-order valence-electron chi connectivity index (χ2n) is 3.82. The van der Waals surface area contributed by atoms with Crippen LogP contribution in [-0.4, -0.2) is 13.0 Å². The Bertz CT molecular complexity index is 671. The van der Waals surface area contributed by atoms with E-state index in [2.05, 4.69) is 0 Å². The molecule has 0 fully saturated rings. The monoisotopic (exact) mass is 304 g/mol. The average molecular weight is 304 g/mol. The molecule has 0 aliphatic carbocycles. The van der Waals surface area contributed by atoms with E-state index in [9.17, 15) is 17.4 Å². The number of para-hydroxylation sites is 1. The van der Waals surface area contributed by atoms with Crippen molar-refractivity contribution in [3.63, 3.8) is 0 Å². The largest absolute Gasteiger partial charge is 1.00 e. The molecule has 2 aromatic carbocycles. The van der Waals surface area contributed by atoms with Crippen molar-refractivity contribution in [3.05, 3.63) is 59.9 Å². The van der Waals surface area contributed by atoms with Crippen LogP contribution >= 0.6 is 0 Å². The van der Waals surface area contributed by atoms with Crippen LogP contribution in [0.5, 0.6) is 5.75 Å². The maximum absolute atomic E-state index is 12.7. The smallest absolute Gasteiger partial charge is 0.744 e. The Morgan fingerprint density at radius 3 is 2.25 bits per heavy atom. The van der Waals surface area contributed by atoms with Crippen LogP contribution in [0.15, 0.2) is 53.4 Å². The van der Waals surface area contributed by atoms with Gasteiger partial charge in [-0.3, -0.25) is 0 Å². The van der Waals surface area contributed by atoms with Gasteiger partial charge in [-0.25, -0.2) is 12.8 Å². The molecule has 0 saturated carbocycles. The van der Waals surface area contributed by atoms with Gasteiger partial charge in [0.05, 0.1) is 4.90 Å². The number of ether oxygens (including phenoxy) is 1. The van der Waals surface area contributed by atoms with E-state index in [0.29, 0.717) is 5.56 Å². The molecule has 0 saturated heterocycles. The van der Waals surface area contributed by atoms with Crippen molar-refractivity contribution >= 4 is 10.1 Å². The topological polar surface area (TPSA) is 66.4 Å². The molecule has 0 bridgehead atoms. The standard InChI is InChI=1S/C13H11FO4S.Na/c14-11-7-5-10(6-8-11)9-18-12-3-1-2-4-13(12)19(15,16)17;/h1-8H,9H2,(H,15,16,17);/q;+1/p-1. The summed E-state index contributed by atoms with van der Waals surface area (Å²) in [7, 11) is -4.58. The van der Waals surface area contributed by atoms with Gasteiger partial charge in [0.25, 0.3) is 0 Å². The van der Waals surface area contributed by atoms with Crippen LogP contribution in [0.4, 0.5) is 4.39 Å². The maximum Gasteiger partial charge on any atom is 1.00 e. The van der Waals surface area contributed by atoms with E-state index in [4.69, 9.17) is 4.74 Å². The second-order valence-corrected chi connectivity index (χ2v) is 5.16. The van der Waals surface area contributed by atoms with Crippen molar-refractivity contribution in [1.29, 1.82) is 0 Å². The van der Waals surface area contributed by atoms with Gasteiger partial charge in [0, 0.05) is 0 Å². The summed E-state index contributed by atoms with van der Waals surface area (Å²) in [6.07, 6.45) is 0. The SMILES string of the molecule is O=S(=O)([O-])c1ccccc1OCc1ccc(F)cc1.[Na+]. The van der Waals surface area contributed by atoms with E-state index in [-0.39, 0.29) is 47.7 Å². The fourth-order valence-electron chi connectivity index (χ4n) is 1.52. The number of rotatable bonds is 4. The van der Waals surface area contributed by atoms with E-state index >= 15 is 0 Å². The Morgan fingerprint density at radius 2 is 1.65 bits per heavy atom. The zero-order valence-corrected chi connectivity index (χ0v) is 13.6. The molecule has 0 N–H and O–H groups in total. The van der Waals surface area contributed by atoms with Gasteiger partial charge in [-0.1, -0.05) is 24.3 Å². The first-order valence-corrected chi connectivity index (χ1v) is 6.80. The molecular formula is C13H10FNaO4S. The van der Waals surface area contributed by atoms with E-state index in [0.717, 1.165) is 0 Å². The van der Waals surface area contributed by atoms with Crippen molar-refractivity contribution in [2.24, 2.45) is 0 Å². The van der Waals surface area contributed by atoms with E-state index < -0.39 is 15.0 Å². The van der Waals surface area contributed by atoms with Crippen LogP contribution in [0.2, 0.25) is 0 Å². The van der Waals surface area contributed by atoms with Crippen LogP contribution in [0.3, 0.4) is 0 Å². The third-order valence-electron chi connectivity index (χ3n) is 2.43. The van der Waals surface area contributed by atoms with E-state index in [1.807, 2.05) is 0 Å². The first kappa shape index (κ1) is 17.1. The van der Waals surface area contributed by atoms with Crippen LogP contribution in [-0.2, 0) is 16.7 Å². The summed E-state index contributed by atoms with van der Waals surface area (Å²) in [4.78, 5) is -0.405. The van der Waals surface area contributed by atoms with Crippen molar-refractivity contribution in [3.8, 4) is 5.75 Å². The molecule has 0 amide bonds. The van der Waals surface area contributed by atoms with Crippen molar-refractivity contribution < 1.29 is 51.7 Å². The van der Waals surface area contributed by atoms with E-state index in [1.54, 1.807) is 6.07 Å². The van der Waals surface area contributed by atoms with Crippen LogP contribution in [0.25, 0.3) is 0 Å². The van der Waals surface area contributed by atoms with Gasteiger partial charge in [0.15, 0.2) is 0 Å². The van der Waals surface area contributed by atoms with Gasteiger partial charge in [-0.05, 0) is 29.8 Å². The number of hydrogen-bond donors (Lipinski definition) is 0. The molecule has 0 atom stereocenters. The molecule has 0 aromatic heterocycles. The van der Waals surface area contributed by atoms with Gasteiger partial charge in [-0.2, -0.15) is 0 Å². The molecular weight excluding hydrogens is 294 g/mol. The first-order chi connectivity index (χ1) is 8.97. The minimum atomic E-state index is -4.58. The minimum absolute atomic E-state index is 0. The minimum Gasteiger partial charge on any atom is -0.744 e. The predicted octanol–water partition coefficient (Wildman–Crippen LogP) is -0.687. The third kappa shape index (κ3) is 4.57. The zero-order chi connectivity index (χ0) is 13.9. The third-order valence-corrected chi connectivity index (χ3v) is 3.30. The summed E-state index contributed by atoms with van der Waals surface area (Å²) < 4.78 is 51.1. The van der Waals surface area contributed by atoms with Gasteiger partial charge < -0.3 is 9.29 Å². The molecule has 0 spiro atoms. The molecule has 4 nitrogen and oxygen atoms in total. The number of halogens is 1.